The summed E-state index contributed by atoms with van der Waals surface area (Å²) in [6.07, 6.45) is 7.30. The minimum atomic E-state index is 0.660. The van der Waals surface area contributed by atoms with E-state index in [2.05, 4.69) is 77.2 Å². The van der Waals surface area contributed by atoms with Gasteiger partial charge >= 0.3 is 0 Å². The van der Waals surface area contributed by atoms with Crippen LogP contribution in [0.15, 0.2) is 79.0 Å². The van der Waals surface area contributed by atoms with Gasteiger partial charge in [-0.15, -0.1) is 0 Å². The molecule has 1 aliphatic rings. The first-order chi connectivity index (χ1) is 15.9. The molecule has 1 saturated carbocycles. The van der Waals surface area contributed by atoms with Gasteiger partial charge in [-0.25, -0.2) is 0 Å². The first-order valence-electron chi connectivity index (χ1n) is 11.8. The first kappa shape index (κ1) is 17.0. The molecule has 0 radical (unpaired) electrons. The number of fused-ring (bicyclic) bond motifs is 7. The monoisotopic (exact) mass is 410 g/mol. The molecule has 2 heteroatoms. The Labute approximate surface area is 185 Å². The number of aromatic nitrogens is 2. The summed E-state index contributed by atoms with van der Waals surface area (Å²) in [7, 11) is 0. The summed E-state index contributed by atoms with van der Waals surface area (Å²) >= 11 is 0. The zero-order chi connectivity index (χ0) is 20.8. The molecule has 0 unspecified atom stereocenters. The van der Waals surface area contributed by atoms with Crippen molar-refractivity contribution in [3.05, 3.63) is 84.6 Å². The smallest absolute Gasteiger partial charge is 0.0822 e. The van der Waals surface area contributed by atoms with E-state index in [-0.39, 0.29) is 0 Å². The molecule has 8 rings (SSSR count). The van der Waals surface area contributed by atoms with Crippen LogP contribution in [0.1, 0.15) is 37.2 Å². The molecule has 7 aromatic rings. The van der Waals surface area contributed by atoms with E-state index in [0.717, 1.165) is 5.52 Å². The predicted molar refractivity (Wildman–Crippen MR) is 135 cm³/mol. The maximum Gasteiger partial charge on any atom is 0.0822 e. The van der Waals surface area contributed by atoms with Crippen molar-refractivity contribution in [2.24, 2.45) is 0 Å². The molecule has 2 nitrogen and oxygen atoms in total. The summed E-state index contributed by atoms with van der Waals surface area (Å²) in [6, 6.07) is 27.1. The second-order valence-electron chi connectivity index (χ2n) is 9.50. The largest absolute Gasteiger partial charge is 0.308 e. The number of para-hydroxylation sites is 1. The van der Waals surface area contributed by atoms with Gasteiger partial charge in [-0.3, -0.25) is 4.98 Å². The molecule has 0 amide bonds. The van der Waals surface area contributed by atoms with Crippen LogP contribution in [0.4, 0.5) is 0 Å². The Bertz CT molecular complexity index is 1830. The van der Waals surface area contributed by atoms with Crippen LogP contribution in [-0.4, -0.2) is 9.38 Å². The van der Waals surface area contributed by atoms with Gasteiger partial charge < -0.3 is 4.40 Å². The highest BCUT2D eigenvalue weighted by molar-refractivity contribution is 6.29. The Morgan fingerprint density at radius 2 is 1.47 bits per heavy atom. The Hall–Kier alpha value is -3.65. The summed E-state index contributed by atoms with van der Waals surface area (Å²) in [5.74, 6) is 0.660. The van der Waals surface area contributed by atoms with E-state index < -0.39 is 0 Å². The first-order valence-corrected chi connectivity index (χ1v) is 11.8. The van der Waals surface area contributed by atoms with Crippen molar-refractivity contribution in [3.8, 4) is 0 Å². The molecule has 152 valence electrons. The fraction of sp³-hybridized carbons (Fsp3) is 0.167. The van der Waals surface area contributed by atoms with Gasteiger partial charge in [0.2, 0.25) is 0 Å². The summed E-state index contributed by atoms with van der Waals surface area (Å²) < 4.78 is 2.53. The molecule has 32 heavy (non-hydrogen) atoms. The van der Waals surface area contributed by atoms with Crippen LogP contribution in [0.2, 0.25) is 0 Å². The molecule has 3 aromatic heterocycles. The molecule has 3 heterocycles. The van der Waals surface area contributed by atoms with Gasteiger partial charge in [-0.05, 0) is 70.8 Å². The van der Waals surface area contributed by atoms with E-state index in [0.29, 0.717) is 5.92 Å². The van der Waals surface area contributed by atoms with Crippen molar-refractivity contribution in [1.82, 2.24) is 9.38 Å². The third-order valence-corrected chi connectivity index (χ3v) is 7.85. The number of benzene rings is 4. The zero-order valence-electron chi connectivity index (χ0n) is 17.8. The van der Waals surface area contributed by atoms with Gasteiger partial charge in [-0.2, -0.15) is 0 Å². The van der Waals surface area contributed by atoms with E-state index in [1.807, 2.05) is 6.20 Å². The van der Waals surface area contributed by atoms with Crippen molar-refractivity contribution in [1.29, 1.82) is 0 Å². The second kappa shape index (κ2) is 5.98. The van der Waals surface area contributed by atoms with Gasteiger partial charge in [0.1, 0.15) is 0 Å². The van der Waals surface area contributed by atoms with Crippen molar-refractivity contribution >= 4 is 59.8 Å². The molecule has 4 aromatic carbocycles. The minimum absolute atomic E-state index is 0.660. The third kappa shape index (κ3) is 2.03. The van der Waals surface area contributed by atoms with E-state index >= 15 is 0 Å². The highest BCUT2D eigenvalue weighted by Gasteiger charge is 2.26. The molecular weight excluding hydrogens is 388 g/mol. The molecule has 1 fully saturated rings. The van der Waals surface area contributed by atoms with Gasteiger partial charge in [0.05, 0.1) is 22.1 Å². The Balaban J connectivity index is 1.73. The maximum absolute atomic E-state index is 4.95. The highest BCUT2D eigenvalue weighted by atomic mass is 14.9. The van der Waals surface area contributed by atoms with E-state index in [1.54, 1.807) is 5.56 Å². The lowest BCUT2D eigenvalue weighted by Crippen LogP contribution is -1.98. The third-order valence-electron chi connectivity index (χ3n) is 7.85. The van der Waals surface area contributed by atoms with E-state index in [4.69, 9.17) is 4.98 Å². The van der Waals surface area contributed by atoms with Crippen LogP contribution < -0.4 is 0 Å². The number of pyridine rings is 2. The second-order valence-corrected chi connectivity index (χ2v) is 9.50. The summed E-state index contributed by atoms with van der Waals surface area (Å²) in [6.45, 7) is 0. The molecule has 0 aliphatic heterocycles. The molecule has 0 bridgehead atoms. The van der Waals surface area contributed by atoms with Crippen molar-refractivity contribution < 1.29 is 0 Å². The fourth-order valence-electron chi connectivity index (χ4n) is 6.47. The maximum atomic E-state index is 4.95. The molecule has 0 atom stereocenters. The average Bonchev–Trinajstić information content (AvgIpc) is 3.49. The number of nitrogens with zero attached hydrogens (tertiary/aromatic N) is 2. The van der Waals surface area contributed by atoms with E-state index in [9.17, 15) is 0 Å². The van der Waals surface area contributed by atoms with Crippen molar-refractivity contribution in [2.45, 2.75) is 31.6 Å². The molecule has 0 spiro atoms. The zero-order valence-corrected chi connectivity index (χ0v) is 17.8. The number of rotatable bonds is 1. The van der Waals surface area contributed by atoms with E-state index in [1.165, 1.54) is 79.9 Å². The SMILES string of the molecule is c1ccc2cc3c(cc2c1)c1nccc2cc(C4CCCC4)c4c5ccccc5n3c4c21. The lowest BCUT2D eigenvalue weighted by Gasteiger charge is -2.17. The Morgan fingerprint density at radius 1 is 0.688 bits per heavy atom. The van der Waals surface area contributed by atoms with Gasteiger partial charge in [0, 0.05) is 27.7 Å². The van der Waals surface area contributed by atoms with Crippen LogP contribution in [0.25, 0.3) is 59.8 Å². The quantitative estimate of drug-likeness (QED) is 0.197. The van der Waals surface area contributed by atoms with Crippen LogP contribution in [0, 0.1) is 0 Å². The molecular formula is C30H22N2. The van der Waals surface area contributed by atoms with Crippen molar-refractivity contribution in [3.63, 3.8) is 0 Å². The average molecular weight is 411 g/mol. The molecule has 1 aliphatic carbocycles. The molecule has 0 N–H and O–H groups in total. The van der Waals surface area contributed by atoms with Gasteiger partial charge in [0.15, 0.2) is 0 Å². The Kier molecular flexibility index (Phi) is 3.17. The van der Waals surface area contributed by atoms with Crippen LogP contribution in [0.3, 0.4) is 0 Å². The Morgan fingerprint density at radius 3 is 2.34 bits per heavy atom. The van der Waals surface area contributed by atoms with Gasteiger partial charge in [0.25, 0.3) is 0 Å². The van der Waals surface area contributed by atoms with Crippen LogP contribution >= 0.6 is 0 Å². The highest BCUT2D eigenvalue weighted by Crippen LogP contribution is 2.47. The summed E-state index contributed by atoms with van der Waals surface area (Å²) in [4.78, 5) is 4.95. The summed E-state index contributed by atoms with van der Waals surface area (Å²) in [5.41, 5.74) is 6.59. The molecule has 0 saturated heterocycles. The van der Waals surface area contributed by atoms with Crippen molar-refractivity contribution in [2.75, 3.05) is 0 Å². The van der Waals surface area contributed by atoms with Crippen LogP contribution in [-0.2, 0) is 0 Å². The normalized spacial score (nSPS) is 15.5. The summed E-state index contributed by atoms with van der Waals surface area (Å²) in [5, 5.41) is 9.24. The van der Waals surface area contributed by atoms with Gasteiger partial charge in [-0.1, -0.05) is 55.3 Å². The van der Waals surface area contributed by atoms with Crippen LogP contribution in [0.5, 0.6) is 0 Å². The predicted octanol–water partition coefficient (Wildman–Crippen LogP) is 8.20. The lowest BCUT2D eigenvalue weighted by molar-refractivity contribution is 0.731. The topological polar surface area (TPSA) is 17.3 Å². The fourth-order valence-corrected chi connectivity index (χ4v) is 6.47. The lowest BCUT2D eigenvalue weighted by atomic mass is 9.89. The number of hydrogen-bond donors (Lipinski definition) is 0. The minimum Gasteiger partial charge on any atom is -0.308 e. The standard InChI is InChI=1S/C30H22N2/c1-2-8-18(7-1)23-16-21-13-14-31-29-24-15-19-9-3-4-10-20(19)17-26(24)32-25-12-6-5-11-22(25)28(23)30(32)27(21)29/h3-6,9-18H,1-2,7-8H2. The number of hydrogen-bond acceptors (Lipinski definition) is 1.